The van der Waals surface area contributed by atoms with Gasteiger partial charge >= 0.3 is 0 Å². The van der Waals surface area contributed by atoms with E-state index in [0.717, 1.165) is 5.69 Å². The van der Waals surface area contributed by atoms with E-state index in [-0.39, 0.29) is 17.6 Å². The quantitative estimate of drug-likeness (QED) is 0.814. The topological polar surface area (TPSA) is 30.5 Å². The molecule has 1 aromatic rings. The number of methoxy groups -OCH3 is 2. The molecule has 0 saturated carbocycles. The summed E-state index contributed by atoms with van der Waals surface area (Å²) in [6, 6.07) is 4.92. The van der Waals surface area contributed by atoms with Gasteiger partial charge in [-0.2, -0.15) is 0 Å². The van der Waals surface area contributed by atoms with E-state index in [9.17, 15) is 4.39 Å². The largest absolute Gasteiger partial charge is 0.494 e. The van der Waals surface area contributed by atoms with Gasteiger partial charge in [0.2, 0.25) is 0 Å². The highest BCUT2D eigenvalue weighted by atomic mass is 19.1. The monoisotopic (exact) mass is 213 g/mol. The van der Waals surface area contributed by atoms with Gasteiger partial charge in [0.15, 0.2) is 11.6 Å². The van der Waals surface area contributed by atoms with Gasteiger partial charge in [0, 0.05) is 24.9 Å². The Bertz CT molecular complexity index is 317. The zero-order chi connectivity index (χ0) is 11.3. The fourth-order valence-electron chi connectivity index (χ4n) is 1.33. The molecule has 4 heteroatoms. The van der Waals surface area contributed by atoms with Crippen molar-refractivity contribution in [1.82, 2.24) is 0 Å². The van der Waals surface area contributed by atoms with Crippen LogP contribution in [-0.4, -0.2) is 26.9 Å². The first-order valence-corrected chi connectivity index (χ1v) is 4.76. The van der Waals surface area contributed by atoms with Crippen LogP contribution in [0.5, 0.6) is 5.75 Å². The summed E-state index contributed by atoms with van der Waals surface area (Å²) in [4.78, 5) is 0. The first kappa shape index (κ1) is 11.8. The second kappa shape index (κ2) is 5.56. The molecule has 0 aliphatic rings. The molecule has 1 atom stereocenters. The maximum Gasteiger partial charge on any atom is 0.167 e. The van der Waals surface area contributed by atoms with Gasteiger partial charge in [-0.25, -0.2) is 4.39 Å². The number of ether oxygens (including phenoxy) is 2. The second-order valence-electron chi connectivity index (χ2n) is 3.35. The molecule has 0 aliphatic heterocycles. The molecule has 0 aromatic heterocycles. The van der Waals surface area contributed by atoms with Crippen molar-refractivity contribution in [2.75, 3.05) is 26.1 Å². The summed E-state index contributed by atoms with van der Waals surface area (Å²) >= 11 is 0. The van der Waals surface area contributed by atoms with Crippen LogP contribution in [0.4, 0.5) is 10.1 Å². The molecule has 0 fully saturated rings. The van der Waals surface area contributed by atoms with Gasteiger partial charge in [-0.1, -0.05) is 0 Å². The molecule has 1 aromatic carbocycles. The lowest BCUT2D eigenvalue weighted by Crippen LogP contribution is -2.20. The second-order valence-corrected chi connectivity index (χ2v) is 3.35. The Labute approximate surface area is 89.2 Å². The van der Waals surface area contributed by atoms with Crippen LogP contribution in [-0.2, 0) is 4.74 Å². The van der Waals surface area contributed by atoms with E-state index < -0.39 is 0 Å². The third-order valence-corrected chi connectivity index (χ3v) is 1.98. The van der Waals surface area contributed by atoms with E-state index in [1.165, 1.54) is 13.2 Å². The Morgan fingerprint density at radius 1 is 1.40 bits per heavy atom. The number of benzene rings is 1. The molecule has 1 rings (SSSR count). The van der Waals surface area contributed by atoms with Crippen molar-refractivity contribution in [3.63, 3.8) is 0 Å². The van der Waals surface area contributed by atoms with Crippen LogP contribution in [0.25, 0.3) is 0 Å². The maximum atomic E-state index is 13.3. The molecule has 0 heterocycles. The smallest absolute Gasteiger partial charge is 0.167 e. The first-order chi connectivity index (χ1) is 7.17. The minimum atomic E-state index is -0.368. The minimum absolute atomic E-state index is 0.141. The molecule has 0 spiro atoms. The molecule has 84 valence electrons. The molecular weight excluding hydrogens is 197 g/mol. The zero-order valence-corrected chi connectivity index (χ0v) is 9.21. The van der Waals surface area contributed by atoms with E-state index in [0.29, 0.717) is 6.61 Å². The van der Waals surface area contributed by atoms with Gasteiger partial charge in [-0.05, 0) is 19.1 Å². The molecule has 0 amide bonds. The Hall–Kier alpha value is -1.29. The lowest BCUT2D eigenvalue weighted by Gasteiger charge is -2.14. The Morgan fingerprint density at radius 2 is 2.13 bits per heavy atom. The van der Waals surface area contributed by atoms with Crippen molar-refractivity contribution >= 4 is 5.69 Å². The molecule has 0 radical (unpaired) electrons. The Morgan fingerprint density at radius 3 is 2.67 bits per heavy atom. The van der Waals surface area contributed by atoms with Gasteiger partial charge in [0.25, 0.3) is 0 Å². The van der Waals surface area contributed by atoms with Gasteiger partial charge < -0.3 is 14.8 Å². The van der Waals surface area contributed by atoms with Crippen LogP contribution in [0.1, 0.15) is 6.92 Å². The number of halogens is 1. The highest BCUT2D eigenvalue weighted by Gasteiger charge is 2.05. The van der Waals surface area contributed by atoms with Crippen LogP contribution in [0.3, 0.4) is 0 Å². The van der Waals surface area contributed by atoms with E-state index in [4.69, 9.17) is 9.47 Å². The van der Waals surface area contributed by atoms with Crippen LogP contribution in [0, 0.1) is 5.82 Å². The summed E-state index contributed by atoms with van der Waals surface area (Å²) in [5.41, 5.74) is 0.720. The summed E-state index contributed by atoms with van der Waals surface area (Å²) in [7, 11) is 3.08. The summed E-state index contributed by atoms with van der Waals surface area (Å²) in [6.45, 7) is 2.54. The van der Waals surface area contributed by atoms with Crippen LogP contribution in [0.2, 0.25) is 0 Å². The number of nitrogens with one attached hydrogen (secondary N) is 1. The van der Waals surface area contributed by atoms with Crippen LogP contribution < -0.4 is 10.1 Å². The maximum absolute atomic E-state index is 13.3. The van der Waals surface area contributed by atoms with Gasteiger partial charge in [-0.3, -0.25) is 0 Å². The number of hydrogen-bond acceptors (Lipinski definition) is 3. The average molecular weight is 213 g/mol. The Balaban J connectivity index is 2.66. The molecule has 3 nitrogen and oxygen atoms in total. The number of anilines is 1. The van der Waals surface area contributed by atoms with Crippen molar-refractivity contribution in [3.05, 3.63) is 24.0 Å². The third kappa shape index (κ3) is 3.40. The molecule has 0 aliphatic carbocycles. The van der Waals surface area contributed by atoms with Gasteiger partial charge in [0.05, 0.1) is 13.7 Å². The average Bonchev–Trinajstić information content (AvgIpc) is 2.18. The van der Waals surface area contributed by atoms with Gasteiger partial charge in [-0.15, -0.1) is 0 Å². The fourth-order valence-corrected chi connectivity index (χ4v) is 1.33. The summed E-state index contributed by atoms with van der Waals surface area (Å²) < 4.78 is 23.1. The summed E-state index contributed by atoms with van der Waals surface area (Å²) in [5.74, 6) is -0.118. The van der Waals surface area contributed by atoms with Gasteiger partial charge in [0.1, 0.15) is 0 Å². The predicted molar refractivity (Wildman–Crippen MR) is 57.9 cm³/mol. The van der Waals surface area contributed by atoms with Crippen molar-refractivity contribution in [3.8, 4) is 5.75 Å². The van der Waals surface area contributed by atoms with Crippen LogP contribution in [0.15, 0.2) is 18.2 Å². The zero-order valence-electron chi connectivity index (χ0n) is 9.21. The lowest BCUT2D eigenvalue weighted by atomic mass is 10.2. The van der Waals surface area contributed by atoms with E-state index in [1.807, 2.05) is 6.92 Å². The Kier molecular flexibility index (Phi) is 4.37. The summed E-state index contributed by atoms with van der Waals surface area (Å²) in [5, 5.41) is 3.11. The third-order valence-electron chi connectivity index (χ3n) is 1.98. The normalized spacial score (nSPS) is 12.3. The van der Waals surface area contributed by atoms with Crippen molar-refractivity contribution in [1.29, 1.82) is 0 Å². The lowest BCUT2D eigenvalue weighted by molar-refractivity contribution is 0.190. The van der Waals surface area contributed by atoms with Crippen LogP contribution >= 0.6 is 0 Å². The van der Waals surface area contributed by atoms with Crippen molar-refractivity contribution in [2.24, 2.45) is 0 Å². The SMILES string of the molecule is COCC(C)Nc1ccc(OC)c(F)c1. The highest BCUT2D eigenvalue weighted by Crippen LogP contribution is 2.20. The van der Waals surface area contributed by atoms with E-state index in [2.05, 4.69) is 5.32 Å². The van der Waals surface area contributed by atoms with Crippen molar-refractivity contribution in [2.45, 2.75) is 13.0 Å². The van der Waals surface area contributed by atoms with Crippen molar-refractivity contribution < 1.29 is 13.9 Å². The molecule has 15 heavy (non-hydrogen) atoms. The molecular formula is C11H16FNO2. The molecule has 0 saturated heterocycles. The number of hydrogen-bond donors (Lipinski definition) is 1. The molecule has 1 unspecified atom stereocenters. The van der Waals surface area contributed by atoms with E-state index in [1.54, 1.807) is 19.2 Å². The molecule has 1 N–H and O–H groups in total. The predicted octanol–water partition coefficient (Wildman–Crippen LogP) is 2.28. The standard InChI is InChI=1S/C11H16FNO2/c1-8(7-14-2)13-9-4-5-11(15-3)10(12)6-9/h4-6,8,13H,7H2,1-3H3. The highest BCUT2D eigenvalue weighted by molar-refractivity contribution is 5.47. The molecule has 0 bridgehead atoms. The summed E-state index contributed by atoms with van der Waals surface area (Å²) in [6.07, 6.45) is 0. The van der Waals surface area contributed by atoms with E-state index >= 15 is 0 Å². The fraction of sp³-hybridized carbons (Fsp3) is 0.455. The minimum Gasteiger partial charge on any atom is -0.494 e. The first-order valence-electron chi connectivity index (χ1n) is 4.76. The number of rotatable bonds is 5.